The minimum atomic E-state index is -2.18. The highest BCUT2D eigenvalue weighted by atomic mass is 16.6. The van der Waals surface area contributed by atoms with Crippen LogP contribution in [0.1, 0.15) is 52.4 Å². The van der Waals surface area contributed by atoms with Gasteiger partial charge in [-0.05, 0) is 76.9 Å². The van der Waals surface area contributed by atoms with Crippen LogP contribution in [0.15, 0.2) is 127 Å². The third-order valence-corrected chi connectivity index (χ3v) is 14.0. The zero-order valence-electron chi connectivity index (χ0n) is 41.5. The Balaban J connectivity index is 1.31. The summed E-state index contributed by atoms with van der Waals surface area (Å²) in [5, 5.41) is 12.7. The maximum atomic E-state index is 16.5. The highest BCUT2D eigenvalue weighted by Crippen LogP contribution is 2.66. The first-order valence-electron chi connectivity index (χ1n) is 24.5. The number of methoxy groups -OCH3 is 3. The van der Waals surface area contributed by atoms with Crippen molar-refractivity contribution in [3.63, 3.8) is 0 Å². The first-order chi connectivity index (χ1) is 36.5. The van der Waals surface area contributed by atoms with Crippen LogP contribution in [0.2, 0.25) is 0 Å². The van der Waals surface area contributed by atoms with E-state index in [0.29, 0.717) is 54.4 Å². The number of hydrogen-bond acceptors (Lipinski definition) is 16. The van der Waals surface area contributed by atoms with Crippen LogP contribution in [0.25, 0.3) is 0 Å². The number of morpholine rings is 2. The average Bonchev–Trinajstić information content (AvgIpc) is 4.04. The molecular weight excluding hydrogens is 965 g/mol. The third kappa shape index (κ3) is 10.0. The number of imide groups is 1. The van der Waals surface area contributed by atoms with Crippen LogP contribution in [0.5, 0.6) is 5.75 Å². The van der Waals surface area contributed by atoms with Crippen LogP contribution in [0.4, 0.5) is 21.9 Å². The van der Waals surface area contributed by atoms with Crippen molar-refractivity contribution in [3.05, 3.63) is 155 Å². The number of ether oxygens (including phenoxy) is 7. The van der Waals surface area contributed by atoms with Crippen LogP contribution >= 0.6 is 0 Å². The summed E-state index contributed by atoms with van der Waals surface area (Å²) in [4.78, 5) is 93.0. The Hall–Kier alpha value is -8.08. The van der Waals surface area contributed by atoms with Crippen LogP contribution in [0.3, 0.4) is 0 Å². The first kappa shape index (κ1) is 51.8. The maximum absolute atomic E-state index is 16.5. The van der Waals surface area contributed by atoms with E-state index >= 15 is 14.4 Å². The maximum Gasteiger partial charge on any atom is 0.421 e. The van der Waals surface area contributed by atoms with Gasteiger partial charge >= 0.3 is 24.0 Å². The molecule has 0 aliphatic carbocycles. The topological polar surface area (TPSA) is 209 Å². The Kier molecular flexibility index (Phi) is 15.9. The molecule has 4 heterocycles. The summed E-state index contributed by atoms with van der Waals surface area (Å²) in [6.45, 7) is 1.98. The van der Waals surface area contributed by atoms with Crippen molar-refractivity contribution in [2.24, 2.45) is 11.8 Å². The Morgan fingerprint density at radius 3 is 2.08 bits per heavy atom. The number of carbonyl (C=O) groups excluding carboxylic acids is 6. The predicted molar refractivity (Wildman–Crippen MR) is 271 cm³/mol. The summed E-state index contributed by atoms with van der Waals surface area (Å²) in [6, 6.07) is 33.6. The number of aliphatic hydroxyl groups excluding tert-OH is 1. The van der Waals surface area contributed by atoms with Gasteiger partial charge < -0.3 is 48.5 Å². The van der Waals surface area contributed by atoms with E-state index in [0.717, 1.165) is 24.8 Å². The van der Waals surface area contributed by atoms with E-state index in [9.17, 15) is 19.5 Å². The largest absolute Gasteiger partial charge is 0.491 e. The number of amides is 3. The van der Waals surface area contributed by atoms with Crippen LogP contribution in [-0.4, -0.2) is 126 Å². The van der Waals surface area contributed by atoms with Gasteiger partial charge in [-0.25, -0.2) is 9.69 Å². The number of nitrogens with one attached hydrogen (secondary N) is 1. The Labute approximate surface area is 433 Å². The zero-order chi connectivity index (χ0) is 52.6. The summed E-state index contributed by atoms with van der Waals surface area (Å²) in [5.41, 5.74) is 1.35. The molecule has 9 rings (SSSR count). The fourth-order valence-corrected chi connectivity index (χ4v) is 10.8. The molecule has 5 aromatic rings. The fraction of sp³-hybridized carbons (Fsp3) is 0.333. The van der Waals surface area contributed by atoms with Crippen molar-refractivity contribution in [1.82, 2.24) is 4.90 Å². The van der Waals surface area contributed by atoms with Gasteiger partial charge in [-0.3, -0.25) is 28.9 Å². The molecule has 0 saturated carbocycles. The van der Waals surface area contributed by atoms with E-state index in [4.69, 9.17) is 33.2 Å². The Bertz CT molecular complexity index is 2940. The smallest absolute Gasteiger partial charge is 0.421 e. The number of aliphatic hydroxyl groups is 1. The molecule has 1 spiro atoms. The highest BCUT2D eigenvalue weighted by Gasteiger charge is 2.76. The Morgan fingerprint density at radius 2 is 1.44 bits per heavy atom. The summed E-state index contributed by atoms with van der Waals surface area (Å²) >= 11 is 0. The number of nitrogens with zero attached hydrogens (tertiary/aromatic N) is 3. The molecule has 0 unspecified atom stereocenters. The van der Waals surface area contributed by atoms with Gasteiger partial charge in [-0.15, -0.1) is 0 Å². The van der Waals surface area contributed by atoms with Crippen molar-refractivity contribution in [1.29, 1.82) is 0 Å². The SMILES string of the molecule is COCCOC(=O)N1C(=O)[C@@]2(c3cc(C#CCC(C(=O)OC)C(=O)OC)ccc31)[C@H](c1ccc(OCCO)cc1)N1[C@H](c3ccccc3)[C@H](c3ccccc3)OC(=O)[C@H]1[C@@H]2C(=O)Nc1ccc(N2CCOCC2)cc1. The van der Waals surface area contributed by atoms with Gasteiger partial charge in [-0.1, -0.05) is 84.6 Å². The van der Waals surface area contributed by atoms with E-state index in [2.05, 4.69) is 22.1 Å². The molecule has 18 nitrogen and oxygen atoms in total. The quantitative estimate of drug-likeness (QED) is 0.0425. The van der Waals surface area contributed by atoms with Crippen molar-refractivity contribution in [3.8, 4) is 17.6 Å². The first-order valence-corrected chi connectivity index (χ1v) is 24.5. The van der Waals surface area contributed by atoms with Crippen LogP contribution < -0.4 is 19.9 Å². The zero-order valence-corrected chi connectivity index (χ0v) is 41.5. The molecule has 0 radical (unpaired) electrons. The molecule has 3 saturated heterocycles. The third-order valence-electron chi connectivity index (χ3n) is 14.0. The second kappa shape index (κ2) is 23.0. The van der Waals surface area contributed by atoms with E-state index in [1.54, 1.807) is 48.5 Å². The lowest BCUT2D eigenvalue weighted by molar-refractivity contribution is -0.178. The Morgan fingerprint density at radius 1 is 0.773 bits per heavy atom. The molecule has 5 aromatic carbocycles. The van der Waals surface area contributed by atoms with Crippen molar-refractivity contribution < 1.29 is 67.0 Å². The number of esters is 3. The number of fused-ring (bicyclic) bond motifs is 3. The molecule has 388 valence electrons. The van der Waals surface area contributed by atoms with Crippen LogP contribution in [-0.2, 0) is 57.8 Å². The van der Waals surface area contributed by atoms with Gasteiger partial charge in [0.2, 0.25) is 11.8 Å². The molecule has 4 aliphatic rings. The minimum Gasteiger partial charge on any atom is -0.491 e. The standard InChI is InChI=1S/C57H56N4O14/c1-69-33-34-74-56(68)60-45-26-17-36(11-10-16-43(52(64)70-2)53(65)71-3)35-44(45)57(55(60)67)46(51(63)58-40-20-22-41(23-21-40)59-27-30-72-31-28-59)48-54(66)75-49(38-14-8-5-9-15-38)47(37-12-6-4-7-13-37)61(48)50(57)39-18-24-42(25-19-39)73-32-29-62/h4-9,12-15,17-26,35,43,46-50,62H,16,27-34H2,1-3H3,(H,58,63)/t46-,47-,48-,49+,50+,57-/m1/s1. The molecule has 6 atom stereocenters. The van der Waals surface area contributed by atoms with E-state index in [-0.39, 0.29) is 49.7 Å². The summed E-state index contributed by atoms with van der Waals surface area (Å²) < 4.78 is 38.6. The molecule has 4 aliphatic heterocycles. The van der Waals surface area contributed by atoms with Gasteiger partial charge in [0.15, 0.2) is 5.92 Å². The summed E-state index contributed by atoms with van der Waals surface area (Å²) in [6.07, 6.45) is -2.35. The lowest BCUT2D eigenvalue weighted by atomic mass is 9.65. The van der Waals surface area contributed by atoms with Crippen molar-refractivity contribution in [2.75, 3.05) is 89.2 Å². The van der Waals surface area contributed by atoms with Gasteiger partial charge in [0.25, 0.3) is 0 Å². The normalized spacial score (nSPS) is 21.9. The highest BCUT2D eigenvalue weighted by molar-refractivity contribution is 6.24. The molecule has 2 N–H and O–H groups in total. The molecule has 0 bridgehead atoms. The number of hydrogen-bond donors (Lipinski definition) is 2. The van der Waals surface area contributed by atoms with E-state index in [1.807, 2.05) is 77.7 Å². The number of anilines is 3. The fourth-order valence-electron chi connectivity index (χ4n) is 10.8. The summed E-state index contributed by atoms with van der Waals surface area (Å²) in [5.74, 6) is -0.844. The van der Waals surface area contributed by atoms with E-state index in [1.165, 1.54) is 13.2 Å². The second-order valence-corrected chi connectivity index (χ2v) is 18.1. The van der Waals surface area contributed by atoms with Gasteiger partial charge in [0.05, 0.1) is 64.3 Å². The van der Waals surface area contributed by atoms with Gasteiger partial charge in [-0.2, -0.15) is 0 Å². The van der Waals surface area contributed by atoms with E-state index < -0.39 is 77.3 Å². The van der Waals surface area contributed by atoms with Crippen LogP contribution in [0, 0.1) is 23.7 Å². The molecule has 3 fully saturated rings. The number of carbonyl (C=O) groups is 6. The molecule has 75 heavy (non-hydrogen) atoms. The average molecular weight is 1020 g/mol. The van der Waals surface area contributed by atoms with Gasteiger partial charge in [0, 0.05) is 43.6 Å². The monoisotopic (exact) mass is 1020 g/mol. The summed E-state index contributed by atoms with van der Waals surface area (Å²) in [7, 11) is 3.72. The number of benzene rings is 5. The molecular formula is C57H56N4O14. The van der Waals surface area contributed by atoms with Crippen molar-refractivity contribution >= 4 is 52.9 Å². The van der Waals surface area contributed by atoms with Crippen molar-refractivity contribution in [2.45, 2.75) is 36.1 Å². The molecule has 18 heteroatoms. The number of cyclic esters (lactones) is 1. The lowest BCUT2D eigenvalue weighted by Gasteiger charge is -2.46. The van der Waals surface area contributed by atoms with Gasteiger partial charge in [0.1, 0.15) is 36.5 Å². The minimum absolute atomic E-state index is 0.00243. The second-order valence-electron chi connectivity index (χ2n) is 18.1. The molecule has 0 aromatic heterocycles. The predicted octanol–water partition coefficient (Wildman–Crippen LogP) is 5.69. The molecule has 3 amide bonds. The lowest BCUT2D eigenvalue weighted by Crippen LogP contribution is -2.54. The number of rotatable bonds is 15.